The molecule has 8 heteroatoms. The number of fused-ring (bicyclic) bond motifs is 1. The van der Waals surface area contributed by atoms with Gasteiger partial charge in [0, 0.05) is 24.3 Å². The van der Waals surface area contributed by atoms with E-state index < -0.39 is 11.7 Å². The summed E-state index contributed by atoms with van der Waals surface area (Å²) in [4.78, 5) is 28.1. The number of amides is 2. The van der Waals surface area contributed by atoms with Crippen molar-refractivity contribution in [2.24, 2.45) is 0 Å². The number of nitrogens with one attached hydrogen (secondary N) is 3. The Labute approximate surface area is 181 Å². The van der Waals surface area contributed by atoms with E-state index in [0.29, 0.717) is 24.7 Å². The van der Waals surface area contributed by atoms with Gasteiger partial charge in [0.25, 0.3) is 6.01 Å². The number of hydrogen-bond donors (Lipinski definition) is 3. The molecular weight excluding hydrogens is 396 g/mol. The van der Waals surface area contributed by atoms with Gasteiger partial charge in [-0.2, -0.15) is 4.98 Å². The molecule has 8 nitrogen and oxygen atoms in total. The SMILES string of the molecule is Cc1cccc2oc(Nc3ccc(NC(=O)CCCNC(=O)OC(C)(C)C)cc3)nc12. The molecule has 0 spiro atoms. The zero-order chi connectivity index (χ0) is 22.4. The van der Waals surface area contributed by atoms with Gasteiger partial charge in [-0.3, -0.25) is 4.79 Å². The number of aryl methyl sites for hydroxylation is 1. The zero-order valence-electron chi connectivity index (χ0n) is 18.2. The topological polar surface area (TPSA) is 105 Å². The van der Waals surface area contributed by atoms with Crippen molar-refractivity contribution in [1.82, 2.24) is 10.3 Å². The number of benzene rings is 2. The Morgan fingerprint density at radius 3 is 2.45 bits per heavy atom. The van der Waals surface area contributed by atoms with E-state index in [1.165, 1.54) is 0 Å². The Balaban J connectivity index is 1.44. The minimum absolute atomic E-state index is 0.124. The van der Waals surface area contributed by atoms with E-state index in [2.05, 4.69) is 20.9 Å². The van der Waals surface area contributed by atoms with Gasteiger partial charge in [0.05, 0.1) is 0 Å². The number of carbonyl (C=O) groups excluding carboxylic acids is 2. The van der Waals surface area contributed by atoms with E-state index in [9.17, 15) is 9.59 Å². The van der Waals surface area contributed by atoms with Gasteiger partial charge in [-0.25, -0.2) is 4.79 Å². The number of ether oxygens (including phenoxy) is 1. The van der Waals surface area contributed by atoms with E-state index in [4.69, 9.17) is 9.15 Å². The zero-order valence-corrected chi connectivity index (χ0v) is 18.2. The van der Waals surface area contributed by atoms with Gasteiger partial charge in [-0.05, 0) is 70.0 Å². The number of carbonyl (C=O) groups is 2. The van der Waals surface area contributed by atoms with Crippen LogP contribution in [0.3, 0.4) is 0 Å². The number of anilines is 3. The molecule has 0 fully saturated rings. The van der Waals surface area contributed by atoms with Gasteiger partial charge in [0.2, 0.25) is 5.91 Å². The van der Waals surface area contributed by atoms with Crippen LogP contribution in [-0.2, 0) is 9.53 Å². The molecule has 0 bridgehead atoms. The lowest BCUT2D eigenvalue weighted by atomic mass is 10.2. The first-order valence-corrected chi connectivity index (χ1v) is 10.2. The minimum atomic E-state index is -0.540. The number of aromatic nitrogens is 1. The van der Waals surface area contributed by atoms with Crippen LogP contribution in [0.25, 0.3) is 11.1 Å². The molecule has 1 aromatic heterocycles. The second-order valence-electron chi connectivity index (χ2n) is 8.22. The minimum Gasteiger partial charge on any atom is -0.444 e. The quantitative estimate of drug-likeness (QED) is 0.455. The molecule has 0 radical (unpaired) electrons. The number of hydrogen-bond acceptors (Lipinski definition) is 6. The Hall–Kier alpha value is -3.55. The molecule has 0 atom stereocenters. The van der Waals surface area contributed by atoms with Crippen LogP contribution in [0, 0.1) is 6.92 Å². The summed E-state index contributed by atoms with van der Waals surface area (Å²) in [6.07, 6.45) is 0.324. The number of oxazole rings is 1. The molecular formula is C23H28N4O4. The maximum absolute atomic E-state index is 12.1. The van der Waals surface area contributed by atoms with Crippen molar-refractivity contribution < 1.29 is 18.7 Å². The Morgan fingerprint density at radius 2 is 1.77 bits per heavy atom. The molecule has 164 valence electrons. The molecule has 1 heterocycles. The molecule has 2 aromatic carbocycles. The van der Waals surface area contributed by atoms with Crippen LogP contribution in [-0.4, -0.2) is 29.1 Å². The molecule has 3 rings (SSSR count). The molecule has 0 saturated heterocycles. The van der Waals surface area contributed by atoms with Gasteiger partial charge >= 0.3 is 6.09 Å². The molecule has 0 aliphatic rings. The second-order valence-corrected chi connectivity index (χ2v) is 8.22. The van der Waals surface area contributed by atoms with E-state index >= 15 is 0 Å². The van der Waals surface area contributed by atoms with Crippen LogP contribution >= 0.6 is 0 Å². The average Bonchev–Trinajstić information content (AvgIpc) is 3.09. The molecule has 0 unspecified atom stereocenters. The highest BCUT2D eigenvalue weighted by atomic mass is 16.6. The van der Waals surface area contributed by atoms with Crippen LogP contribution in [0.2, 0.25) is 0 Å². The second kappa shape index (κ2) is 9.51. The number of rotatable bonds is 7. The summed E-state index contributed by atoms with van der Waals surface area (Å²) in [5.41, 5.74) is 3.55. The van der Waals surface area contributed by atoms with Gasteiger partial charge in [0.1, 0.15) is 11.1 Å². The summed E-state index contributed by atoms with van der Waals surface area (Å²) in [5, 5.41) is 8.60. The van der Waals surface area contributed by atoms with E-state index in [0.717, 1.165) is 22.4 Å². The standard InChI is InChI=1S/C23H28N4O4/c1-15-7-5-8-18-20(15)27-21(30-18)26-17-12-10-16(11-13-17)25-19(28)9-6-14-24-22(29)31-23(2,3)4/h5,7-8,10-13H,6,9,14H2,1-4H3,(H,24,29)(H,25,28)(H,26,27). The van der Waals surface area contributed by atoms with Crippen molar-refractivity contribution in [3.63, 3.8) is 0 Å². The summed E-state index contributed by atoms with van der Waals surface area (Å²) in [6.45, 7) is 7.76. The maximum Gasteiger partial charge on any atom is 0.407 e. The average molecular weight is 425 g/mol. The number of para-hydroxylation sites is 1. The Morgan fingerprint density at radius 1 is 1.06 bits per heavy atom. The van der Waals surface area contributed by atoms with Crippen LogP contribution in [0.5, 0.6) is 0 Å². The fraction of sp³-hybridized carbons (Fsp3) is 0.348. The largest absolute Gasteiger partial charge is 0.444 e. The van der Waals surface area contributed by atoms with Crippen LogP contribution < -0.4 is 16.0 Å². The van der Waals surface area contributed by atoms with Crippen molar-refractivity contribution >= 4 is 40.5 Å². The monoisotopic (exact) mass is 424 g/mol. The molecule has 0 aliphatic carbocycles. The molecule has 0 aliphatic heterocycles. The maximum atomic E-state index is 12.1. The fourth-order valence-electron chi connectivity index (χ4n) is 2.88. The number of alkyl carbamates (subject to hydrolysis) is 1. The summed E-state index contributed by atoms with van der Waals surface area (Å²) >= 11 is 0. The first kappa shape index (κ1) is 22.1. The summed E-state index contributed by atoms with van der Waals surface area (Å²) in [5.74, 6) is -0.124. The molecule has 0 saturated carbocycles. The normalized spacial score (nSPS) is 11.2. The van der Waals surface area contributed by atoms with Crippen LogP contribution in [0.4, 0.5) is 22.2 Å². The predicted molar refractivity (Wildman–Crippen MR) is 121 cm³/mol. The smallest absolute Gasteiger partial charge is 0.407 e. The van der Waals surface area contributed by atoms with Crippen molar-refractivity contribution in [2.45, 2.75) is 46.1 Å². The third-order valence-electron chi connectivity index (χ3n) is 4.29. The fourth-order valence-corrected chi connectivity index (χ4v) is 2.88. The Bertz CT molecular complexity index is 1050. The van der Waals surface area contributed by atoms with Crippen molar-refractivity contribution in [2.75, 3.05) is 17.2 Å². The predicted octanol–water partition coefficient (Wildman–Crippen LogP) is 5.12. The van der Waals surface area contributed by atoms with Gasteiger partial charge in [-0.1, -0.05) is 12.1 Å². The lowest BCUT2D eigenvalue weighted by Crippen LogP contribution is -2.33. The van der Waals surface area contributed by atoms with E-state index in [1.54, 1.807) is 32.9 Å². The lowest BCUT2D eigenvalue weighted by molar-refractivity contribution is -0.116. The van der Waals surface area contributed by atoms with Gasteiger partial charge in [-0.15, -0.1) is 0 Å². The summed E-state index contributed by atoms with van der Waals surface area (Å²) < 4.78 is 10.9. The van der Waals surface area contributed by atoms with Crippen molar-refractivity contribution in [1.29, 1.82) is 0 Å². The van der Waals surface area contributed by atoms with Gasteiger partial charge < -0.3 is 25.1 Å². The van der Waals surface area contributed by atoms with Crippen molar-refractivity contribution in [3.05, 3.63) is 48.0 Å². The lowest BCUT2D eigenvalue weighted by Gasteiger charge is -2.19. The molecule has 31 heavy (non-hydrogen) atoms. The highest BCUT2D eigenvalue weighted by Gasteiger charge is 2.15. The molecule has 3 aromatic rings. The van der Waals surface area contributed by atoms with Crippen LogP contribution in [0.15, 0.2) is 46.9 Å². The van der Waals surface area contributed by atoms with E-state index in [1.807, 2.05) is 37.3 Å². The first-order chi connectivity index (χ1) is 14.7. The van der Waals surface area contributed by atoms with Crippen LogP contribution in [0.1, 0.15) is 39.2 Å². The highest BCUT2D eigenvalue weighted by molar-refractivity contribution is 5.91. The molecule has 2 amide bonds. The highest BCUT2D eigenvalue weighted by Crippen LogP contribution is 2.24. The summed E-state index contributed by atoms with van der Waals surface area (Å²) in [6, 6.07) is 13.5. The van der Waals surface area contributed by atoms with Crippen molar-refractivity contribution in [3.8, 4) is 0 Å². The van der Waals surface area contributed by atoms with E-state index in [-0.39, 0.29) is 12.3 Å². The molecule has 3 N–H and O–H groups in total. The Kier molecular flexibility index (Phi) is 6.79. The van der Waals surface area contributed by atoms with Gasteiger partial charge in [0.15, 0.2) is 5.58 Å². The first-order valence-electron chi connectivity index (χ1n) is 10.2. The summed E-state index contributed by atoms with van der Waals surface area (Å²) in [7, 11) is 0. The number of nitrogens with zero attached hydrogens (tertiary/aromatic N) is 1. The third kappa shape index (κ3) is 6.74. The third-order valence-corrected chi connectivity index (χ3v) is 4.29.